The molecule has 5 nitrogen and oxygen atoms in total. The molecule has 0 spiro atoms. The molecule has 0 radical (unpaired) electrons. The van der Waals surface area contributed by atoms with Gasteiger partial charge in [-0.15, -0.1) is 23.1 Å². The average Bonchev–Trinajstić information content (AvgIpc) is 2.99. The maximum atomic E-state index is 12.7. The van der Waals surface area contributed by atoms with Crippen molar-refractivity contribution in [1.82, 2.24) is 0 Å². The van der Waals surface area contributed by atoms with E-state index in [0.29, 0.717) is 22.2 Å². The molecule has 27 heavy (non-hydrogen) atoms. The minimum absolute atomic E-state index is 0.131. The summed E-state index contributed by atoms with van der Waals surface area (Å²) in [6.07, 6.45) is 2.84. The molecule has 3 N–H and O–H groups in total. The first-order valence-electron chi connectivity index (χ1n) is 8.95. The number of nitrogens with two attached hydrogens (primary N) is 1. The number of rotatable bonds is 5. The number of hydrogen-bond acceptors (Lipinski definition) is 6. The van der Waals surface area contributed by atoms with E-state index < -0.39 is 0 Å². The summed E-state index contributed by atoms with van der Waals surface area (Å²) < 4.78 is 4.98. The van der Waals surface area contributed by atoms with Gasteiger partial charge in [0.05, 0.1) is 17.9 Å². The lowest BCUT2D eigenvalue weighted by Crippen LogP contribution is -2.23. The molecule has 1 amide bonds. The van der Waals surface area contributed by atoms with Crippen molar-refractivity contribution in [3.63, 3.8) is 0 Å². The lowest BCUT2D eigenvalue weighted by atomic mass is 9.88. The fraction of sp³-hybridized carbons (Fsp3) is 0.400. The summed E-state index contributed by atoms with van der Waals surface area (Å²) in [6, 6.07) is 7.43. The highest BCUT2D eigenvalue weighted by Crippen LogP contribution is 2.40. The van der Waals surface area contributed by atoms with Crippen molar-refractivity contribution in [3.05, 3.63) is 40.3 Å². The van der Waals surface area contributed by atoms with Crippen molar-refractivity contribution in [2.24, 2.45) is 5.92 Å². The molecular formula is C20H24N2O3S2. The molecule has 7 heteroatoms. The summed E-state index contributed by atoms with van der Waals surface area (Å²) in [5.41, 5.74) is 7.97. The summed E-state index contributed by atoms with van der Waals surface area (Å²) in [6.45, 7) is 4.06. The molecule has 144 valence electrons. The molecular weight excluding hydrogens is 380 g/mol. The van der Waals surface area contributed by atoms with Crippen LogP contribution in [0.4, 0.5) is 10.7 Å². The van der Waals surface area contributed by atoms with E-state index in [4.69, 9.17) is 10.5 Å². The first-order valence-corrected chi connectivity index (χ1v) is 10.6. The van der Waals surface area contributed by atoms with Gasteiger partial charge in [0.15, 0.2) is 0 Å². The standard InChI is InChI=1S/C20H24N2O3S2/c1-11-4-9-15-16(10-11)27-19(17(15)20(24)25-3)22-18(23)12(2)26-14-7-5-13(21)6-8-14/h5-8,11-12H,4,9-10,21H2,1-3H3,(H,22,23). The van der Waals surface area contributed by atoms with Crippen LogP contribution in [-0.4, -0.2) is 24.2 Å². The number of nitrogen functional groups attached to an aromatic ring is 1. The molecule has 0 saturated carbocycles. The van der Waals surface area contributed by atoms with Crippen molar-refractivity contribution >= 4 is 45.7 Å². The molecule has 1 aromatic carbocycles. The van der Waals surface area contributed by atoms with Crippen LogP contribution >= 0.6 is 23.1 Å². The molecule has 0 saturated heterocycles. The van der Waals surface area contributed by atoms with E-state index in [9.17, 15) is 9.59 Å². The maximum Gasteiger partial charge on any atom is 0.341 e. The molecule has 1 aromatic heterocycles. The Morgan fingerprint density at radius 3 is 2.70 bits per heavy atom. The van der Waals surface area contributed by atoms with Gasteiger partial charge in [0.1, 0.15) is 5.00 Å². The number of benzene rings is 1. The van der Waals surface area contributed by atoms with E-state index in [1.165, 1.54) is 35.1 Å². The predicted molar refractivity (Wildman–Crippen MR) is 112 cm³/mol. The summed E-state index contributed by atoms with van der Waals surface area (Å²) >= 11 is 2.96. The van der Waals surface area contributed by atoms with E-state index in [2.05, 4.69) is 12.2 Å². The topological polar surface area (TPSA) is 81.4 Å². The van der Waals surface area contributed by atoms with Crippen LogP contribution < -0.4 is 11.1 Å². The zero-order valence-corrected chi connectivity index (χ0v) is 17.3. The second-order valence-corrected chi connectivity index (χ2v) is 9.39. The molecule has 3 rings (SSSR count). The minimum atomic E-state index is -0.379. The van der Waals surface area contributed by atoms with Gasteiger partial charge < -0.3 is 15.8 Å². The van der Waals surface area contributed by atoms with Gasteiger partial charge in [-0.1, -0.05) is 6.92 Å². The number of amides is 1. The van der Waals surface area contributed by atoms with Crippen LogP contribution in [-0.2, 0) is 22.4 Å². The first-order chi connectivity index (χ1) is 12.9. The fourth-order valence-electron chi connectivity index (χ4n) is 3.17. The highest BCUT2D eigenvalue weighted by Gasteiger charge is 2.29. The zero-order valence-electron chi connectivity index (χ0n) is 15.7. The number of ether oxygens (including phenoxy) is 1. The number of carbonyl (C=O) groups excluding carboxylic acids is 2. The van der Waals surface area contributed by atoms with Crippen molar-refractivity contribution in [1.29, 1.82) is 0 Å². The third-order valence-electron chi connectivity index (χ3n) is 4.70. The van der Waals surface area contributed by atoms with E-state index in [1.54, 1.807) is 0 Å². The maximum absolute atomic E-state index is 12.7. The van der Waals surface area contributed by atoms with Gasteiger partial charge in [0, 0.05) is 15.5 Å². The Hall–Kier alpha value is -1.99. The number of carbonyl (C=O) groups is 2. The fourth-order valence-corrected chi connectivity index (χ4v) is 5.44. The molecule has 1 heterocycles. The van der Waals surface area contributed by atoms with Gasteiger partial charge in [-0.2, -0.15) is 0 Å². The van der Waals surface area contributed by atoms with Gasteiger partial charge in [-0.25, -0.2) is 4.79 Å². The van der Waals surface area contributed by atoms with E-state index >= 15 is 0 Å². The van der Waals surface area contributed by atoms with Crippen LogP contribution in [0.15, 0.2) is 29.2 Å². The van der Waals surface area contributed by atoms with Crippen LogP contribution in [0.5, 0.6) is 0 Å². The number of fused-ring (bicyclic) bond motifs is 1. The van der Waals surface area contributed by atoms with Crippen molar-refractivity contribution in [2.75, 3.05) is 18.2 Å². The van der Waals surface area contributed by atoms with Gasteiger partial charge in [0.25, 0.3) is 0 Å². The lowest BCUT2D eigenvalue weighted by molar-refractivity contribution is -0.115. The Labute approximate surface area is 167 Å². The second kappa shape index (κ2) is 8.35. The van der Waals surface area contributed by atoms with Crippen molar-refractivity contribution in [3.8, 4) is 0 Å². The second-order valence-electron chi connectivity index (χ2n) is 6.87. The number of hydrogen-bond donors (Lipinski definition) is 2. The summed E-state index contributed by atoms with van der Waals surface area (Å²) in [5, 5.41) is 3.26. The van der Waals surface area contributed by atoms with Crippen LogP contribution in [0.1, 0.15) is 41.1 Å². The van der Waals surface area contributed by atoms with E-state index in [-0.39, 0.29) is 17.1 Å². The number of thiophene rings is 1. The largest absolute Gasteiger partial charge is 0.465 e. The first kappa shape index (κ1) is 19.8. The third kappa shape index (κ3) is 4.47. The molecule has 1 aliphatic rings. The average molecular weight is 405 g/mol. The Bertz CT molecular complexity index is 846. The molecule has 0 fully saturated rings. The Morgan fingerprint density at radius 2 is 2.04 bits per heavy atom. The van der Waals surface area contributed by atoms with Crippen LogP contribution in [0.25, 0.3) is 0 Å². The Kier molecular flexibility index (Phi) is 6.11. The van der Waals surface area contributed by atoms with Gasteiger partial charge >= 0.3 is 5.97 Å². The van der Waals surface area contributed by atoms with Crippen molar-refractivity contribution in [2.45, 2.75) is 43.3 Å². The van der Waals surface area contributed by atoms with E-state index in [0.717, 1.165) is 29.7 Å². The summed E-state index contributed by atoms with van der Waals surface area (Å²) in [4.78, 5) is 27.2. The van der Waals surface area contributed by atoms with Crippen LogP contribution in [0.2, 0.25) is 0 Å². The van der Waals surface area contributed by atoms with Crippen molar-refractivity contribution < 1.29 is 14.3 Å². The molecule has 0 bridgehead atoms. The van der Waals surface area contributed by atoms with Gasteiger partial charge in [-0.05, 0) is 61.9 Å². The monoisotopic (exact) mass is 404 g/mol. The molecule has 2 atom stereocenters. The Balaban J connectivity index is 1.78. The smallest absolute Gasteiger partial charge is 0.341 e. The summed E-state index contributed by atoms with van der Waals surface area (Å²) in [5.74, 6) is 0.0787. The Morgan fingerprint density at radius 1 is 1.33 bits per heavy atom. The predicted octanol–water partition coefficient (Wildman–Crippen LogP) is 4.36. The van der Waals surface area contributed by atoms with Gasteiger partial charge in [0.2, 0.25) is 5.91 Å². The van der Waals surface area contributed by atoms with Crippen LogP contribution in [0, 0.1) is 5.92 Å². The molecule has 2 aromatic rings. The number of methoxy groups -OCH3 is 1. The molecule has 1 aliphatic carbocycles. The highest BCUT2D eigenvalue weighted by atomic mass is 32.2. The van der Waals surface area contributed by atoms with E-state index in [1.807, 2.05) is 31.2 Å². The normalized spacial score (nSPS) is 17.1. The SMILES string of the molecule is COC(=O)c1c(NC(=O)C(C)Sc2ccc(N)cc2)sc2c1CCC(C)C2. The van der Waals surface area contributed by atoms with Crippen LogP contribution in [0.3, 0.4) is 0 Å². The summed E-state index contributed by atoms with van der Waals surface area (Å²) in [7, 11) is 1.38. The highest BCUT2D eigenvalue weighted by molar-refractivity contribution is 8.00. The molecule has 2 unspecified atom stereocenters. The number of anilines is 2. The number of thioether (sulfide) groups is 1. The van der Waals surface area contributed by atoms with Gasteiger partial charge in [-0.3, -0.25) is 4.79 Å². The number of esters is 1. The molecule has 0 aliphatic heterocycles. The zero-order chi connectivity index (χ0) is 19.6. The number of nitrogens with one attached hydrogen (secondary N) is 1. The quantitative estimate of drug-likeness (QED) is 0.440. The lowest BCUT2D eigenvalue weighted by Gasteiger charge is -2.18. The minimum Gasteiger partial charge on any atom is -0.465 e. The third-order valence-corrected chi connectivity index (χ3v) is 6.98.